The average molecular weight is 529 g/mol. The third-order valence-electron chi connectivity index (χ3n) is 8.16. The fourth-order valence-corrected chi connectivity index (χ4v) is 6.21. The predicted octanol–water partition coefficient (Wildman–Crippen LogP) is 7.65. The van der Waals surface area contributed by atoms with Crippen LogP contribution in [0.1, 0.15) is 150 Å². The van der Waals surface area contributed by atoms with Gasteiger partial charge in [0.25, 0.3) is 0 Å². The third-order valence-corrected chi connectivity index (χ3v) is 8.16. The number of hydrogen-bond acceptors (Lipinski definition) is 3. The second-order valence-electron chi connectivity index (χ2n) is 10.8. The van der Waals surface area contributed by atoms with Gasteiger partial charge in [-0.1, -0.05) is 118 Å². The Labute approximate surface area is 226 Å². The maximum absolute atomic E-state index is 12.2. The Bertz CT molecular complexity index is 568. The van der Waals surface area contributed by atoms with Crippen molar-refractivity contribution in [2.24, 2.45) is 0 Å². The van der Waals surface area contributed by atoms with E-state index in [4.69, 9.17) is 0 Å². The van der Waals surface area contributed by atoms with Crippen molar-refractivity contribution in [1.82, 2.24) is 0 Å². The maximum atomic E-state index is 12.2. The molecular formula is C30H58NO6+. The smallest absolute Gasteiger partial charge is 0.362 e. The van der Waals surface area contributed by atoms with Crippen LogP contribution in [0.15, 0.2) is 0 Å². The molecule has 3 unspecified atom stereocenters. The van der Waals surface area contributed by atoms with Gasteiger partial charge < -0.3 is 15.3 Å². The molecule has 0 aliphatic rings. The van der Waals surface area contributed by atoms with E-state index in [0.717, 1.165) is 19.3 Å². The molecule has 0 saturated heterocycles. The van der Waals surface area contributed by atoms with E-state index in [9.17, 15) is 29.7 Å². The minimum atomic E-state index is -1.11. The number of aliphatic carboxylic acids is 3. The van der Waals surface area contributed by atoms with E-state index in [1.807, 2.05) is 0 Å². The molecule has 0 saturated carbocycles. The van der Waals surface area contributed by atoms with Crippen molar-refractivity contribution < 1.29 is 34.2 Å². The molecule has 3 N–H and O–H groups in total. The summed E-state index contributed by atoms with van der Waals surface area (Å²) in [5.41, 5.74) is 0. The van der Waals surface area contributed by atoms with Crippen LogP contribution in [0.25, 0.3) is 0 Å². The summed E-state index contributed by atoms with van der Waals surface area (Å²) >= 11 is 0. The molecule has 0 aromatic rings. The molecule has 3 atom stereocenters. The van der Waals surface area contributed by atoms with Crippen LogP contribution in [0, 0.1) is 0 Å². The van der Waals surface area contributed by atoms with E-state index < -0.39 is 40.5 Å². The molecule has 0 aliphatic carbocycles. The number of rotatable bonds is 26. The molecule has 0 rings (SSSR count). The SMILES string of the molecule is CCCCCCCCCCCCCCCCCC[N+](C(CC)C(=O)O)(C(CC)C(=O)O)C(CC)C(=O)O. The number of unbranched alkanes of at least 4 members (excludes halogenated alkanes) is 15. The van der Waals surface area contributed by atoms with Crippen molar-refractivity contribution in [3.63, 3.8) is 0 Å². The van der Waals surface area contributed by atoms with Gasteiger partial charge in [-0.3, -0.25) is 4.48 Å². The molecule has 7 nitrogen and oxygen atoms in total. The zero-order valence-electron chi connectivity index (χ0n) is 24.4. The Balaban J connectivity index is 4.69. The molecule has 0 amide bonds. The van der Waals surface area contributed by atoms with E-state index in [1.165, 1.54) is 77.0 Å². The van der Waals surface area contributed by atoms with Gasteiger partial charge in [0.1, 0.15) is 0 Å². The quantitative estimate of drug-likeness (QED) is 0.0785. The van der Waals surface area contributed by atoms with Crippen LogP contribution in [0.3, 0.4) is 0 Å². The van der Waals surface area contributed by atoms with Gasteiger partial charge in [0, 0.05) is 19.3 Å². The highest BCUT2D eigenvalue weighted by Gasteiger charge is 2.55. The number of nitrogens with zero attached hydrogens (tertiary/aromatic N) is 1. The summed E-state index contributed by atoms with van der Waals surface area (Å²) in [6.07, 6.45) is 20.1. The molecule has 37 heavy (non-hydrogen) atoms. The van der Waals surface area contributed by atoms with Crippen molar-refractivity contribution in [2.75, 3.05) is 6.54 Å². The second-order valence-corrected chi connectivity index (χ2v) is 10.8. The zero-order valence-corrected chi connectivity index (χ0v) is 24.4. The predicted molar refractivity (Wildman–Crippen MR) is 150 cm³/mol. The van der Waals surface area contributed by atoms with Gasteiger partial charge in [-0.15, -0.1) is 0 Å². The van der Waals surface area contributed by atoms with E-state index in [2.05, 4.69) is 6.92 Å². The molecule has 0 aromatic heterocycles. The molecule has 7 heteroatoms. The minimum absolute atomic E-state index is 0.196. The van der Waals surface area contributed by atoms with Crippen LogP contribution in [0.5, 0.6) is 0 Å². The first-order valence-corrected chi connectivity index (χ1v) is 15.3. The maximum Gasteiger partial charge on any atom is 0.362 e. The summed E-state index contributed by atoms with van der Waals surface area (Å²) < 4.78 is -0.401. The molecular weight excluding hydrogens is 470 g/mol. The summed E-state index contributed by atoms with van der Waals surface area (Å²) in [6, 6.07) is -3.17. The van der Waals surface area contributed by atoms with Crippen molar-refractivity contribution in [2.45, 2.75) is 168 Å². The number of carboxylic acids is 3. The Morgan fingerprint density at radius 2 is 0.703 bits per heavy atom. The first-order valence-electron chi connectivity index (χ1n) is 15.3. The highest BCUT2D eigenvalue weighted by atomic mass is 16.4. The fourth-order valence-electron chi connectivity index (χ4n) is 6.21. The summed E-state index contributed by atoms with van der Waals surface area (Å²) in [6.45, 7) is 7.65. The fraction of sp³-hybridized carbons (Fsp3) is 0.900. The van der Waals surface area contributed by atoms with Crippen molar-refractivity contribution in [1.29, 1.82) is 0 Å². The number of quaternary nitrogens is 1. The lowest BCUT2D eigenvalue weighted by atomic mass is 9.93. The van der Waals surface area contributed by atoms with Crippen molar-refractivity contribution >= 4 is 17.9 Å². The van der Waals surface area contributed by atoms with Crippen molar-refractivity contribution in [3.8, 4) is 0 Å². The molecule has 218 valence electrons. The van der Waals surface area contributed by atoms with Gasteiger partial charge in [-0.2, -0.15) is 0 Å². The van der Waals surface area contributed by atoms with Gasteiger partial charge in [0.15, 0.2) is 18.1 Å². The number of carbonyl (C=O) groups is 3. The Kier molecular flexibility index (Phi) is 20.4. The average Bonchev–Trinajstić information content (AvgIpc) is 2.84. The monoisotopic (exact) mass is 528 g/mol. The molecule has 0 heterocycles. The normalized spacial score (nSPS) is 15.6. The molecule has 0 aliphatic heterocycles. The van der Waals surface area contributed by atoms with Crippen LogP contribution in [0.2, 0.25) is 0 Å². The van der Waals surface area contributed by atoms with E-state index >= 15 is 0 Å². The number of carboxylic acid groups (broad SMARTS) is 3. The lowest BCUT2D eigenvalue weighted by molar-refractivity contribution is -0.973. The largest absolute Gasteiger partial charge is 0.477 e. The first kappa shape index (κ1) is 35.4. The zero-order chi connectivity index (χ0) is 28.1. The minimum Gasteiger partial charge on any atom is -0.477 e. The number of hydrogen-bond donors (Lipinski definition) is 3. The highest BCUT2D eigenvalue weighted by molar-refractivity contribution is 5.78. The van der Waals surface area contributed by atoms with Gasteiger partial charge in [0.05, 0.1) is 6.54 Å². The summed E-state index contributed by atoms with van der Waals surface area (Å²) in [5.74, 6) is -3.34. The summed E-state index contributed by atoms with van der Waals surface area (Å²) in [5, 5.41) is 30.0. The summed E-state index contributed by atoms with van der Waals surface area (Å²) in [7, 11) is 0. The van der Waals surface area contributed by atoms with Crippen molar-refractivity contribution in [3.05, 3.63) is 0 Å². The molecule has 0 fully saturated rings. The molecule has 0 bridgehead atoms. The lowest BCUT2D eigenvalue weighted by Gasteiger charge is -2.49. The summed E-state index contributed by atoms with van der Waals surface area (Å²) in [4.78, 5) is 36.7. The van der Waals surface area contributed by atoms with Gasteiger partial charge >= 0.3 is 17.9 Å². The van der Waals surface area contributed by atoms with Gasteiger partial charge in [0.2, 0.25) is 0 Å². The van der Waals surface area contributed by atoms with Crippen LogP contribution in [-0.4, -0.2) is 62.4 Å². The van der Waals surface area contributed by atoms with E-state index in [-0.39, 0.29) is 25.8 Å². The Hall–Kier alpha value is -1.63. The van der Waals surface area contributed by atoms with Crippen LogP contribution >= 0.6 is 0 Å². The molecule has 0 aromatic carbocycles. The van der Waals surface area contributed by atoms with Gasteiger partial charge in [-0.25, -0.2) is 14.4 Å². The lowest BCUT2D eigenvalue weighted by Crippen LogP contribution is -2.72. The standard InChI is InChI=1S/C30H57NO6/c1-5-9-10-11-12-13-14-15-16-17-18-19-20-21-22-23-24-31(25(6-2)28(32)33,26(7-3)29(34)35)27(8-4)30(36)37/h25-27H,5-24H2,1-4H3,(H2-,32,33,34,35,36,37)/p+1. The van der Waals surface area contributed by atoms with E-state index in [0.29, 0.717) is 6.42 Å². The van der Waals surface area contributed by atoms with Crippen LogP contribution in [0.4, 0.5) is 0 Å². The van der Waals surface area contributed by atoms with Crippen LogP contribution in [-0.2, 0) is 14.4 Å². The second kappa shape index (κ2) is 21.3. The Morgan fingerprint density at radius 3 is 0.919 bits per heavy atom. The molecule has 0 radical (unpaired) electrons. The van der Waals surface area contributed by atoms with E-state index in [1.54, 1.807) is 20.8 Å². The van der Waals surface area contributed by atoms with Crippen LogP contribution < -0.4 is 0 Å². The Morgan fingerprint density at radius 1 is 0.459 bits per heavy atom. The topological polar surface area (TPSA) is 112 Å². The molecule has 0 spiro atoms. The first-order chi connectivity index (χ1) is 17.7. The third kappa shape index (κ3) is 12.6. The highest BCUT2D eigenvalue weighted by Crippen LogP contribution is 2.32. The van der Waals surface area contributed by atoms with Gasteiger partial charge in [-0.05, 0) is 12.8 Å².